The molecule has 0 fully saturated rings. The highest BCUT2D eigenvalue weighted by Gasteiger charge is 2.28. The molecule has 0 bridgehead atoms. The molecule has 11 nitrogen and oxygen atoms in total. The summed E-state index contributed by atoms with van der Waals surface area (Å²) in [6, 6.07) is -1.52. The standard InChI is InChI=1S/C48H88NO10P/c1-3-5-7-9-11-13-15-17-19-20-21-22-23-24-26-27-29-31-33-35-37-39-46(50)56-41-44(42-57-60(54,55)58-43-45(49)48(52)53)59-47(51)40-38-36-34-32-30-28-25-18-16-14-12-10-8-6-4-2/h6,8,12,14,18,25,44-45H,3-5,7,9-11,13,15-17,19-24,26-43,49H2,1-2H3,(H,52,53)(H,54,55)/b8-6-,14-12-,25-18-. The Hall–Kier alpha value is -2.30. The van der Waals surface area contributed by atoms with Crippen LogP contribution in [-0.4, -0.2) is 59.9 Å². The Bertz CT molecular complexity index is 1160. The third-order valence-electron chi connectivity index (χ3n) is 10.4. The van der Waals surface area contributed by atoms with E-state index in [-0.39, 0.29) is 19.4 Å². The van der Waals surface area contributed by atoms with Crippen molar-refractivity contribution in [3.63, 3.8) is 0 Å². The van der Waals surface area contributed by atoms with E-state index in [0.29, 0.717) is 12.8 Å². The fourth-order valence-electron chi connectivity index (χ4n) is 6.67. The molecule has 350 valence electrons. The fourth-order valence-corrected chi connectivity index (χ4v) is 7.45. The molecule has 0 rings (SSSR count). The van der Waals surface area contributed by atoms with Gasteiger partial charge in [-0.05, 0) is 44.9 Å². The van der Waals surface area contributed by atoms with E-state index < -0.39 is 51.1 Å². The molecule has 0 saturated carbocycles. The van der Waals surface area contributed by atoms with Gasteiger partial charge >= 0.3 is 25.7 Å². The number of phosphoric ester groups is 1. The molecule has 0 aliphatic rings. The Kier molecular flexibility index (Phi) is 41.7. The van der Waals surface area contributed by atoms with Gasteiger partial charge in [0.25, 0.3) is 0 Å². The molecule has 0 spiro atoms. The third-order valence-corrected chi connectivity index (χ3v) is 11.4. The van der Waals surface area contributed by atoms with Crippen LogP contribution in [0.5, 0.6) is 0 Å². The third kappa shape index (κ3) is 42.4. The van der Waals surface area contributed by atoms with Gasteiger partial charge < -0.3 is 25.2 Å². The first-order valence-electron chi connectivity index (χ1n) is 24.0. The molecule has 0 aliphatic carbocycles. The van der Waals surface area contributed by atoms with Gasteiger partial charge in [-0.1, -0.05) is 198 Å². The van der Waals surface area contributed by atoms with Crippen LogP contribution in [-0.2, 0) is 37.5 Å². The minimum atomic E-state index is -4.72. The maximum Gasteiger partial charge on any atom is 0.472 e. The number of phosphoric acid groups is 1. The Morgan fingerprint density at radius 3 is 1.40 bits per heavy atom. The smallest absolute Gasteiger partial charge is 0.472 e. The molecule has 60 heavy (non-hydrogen) atoms. The predicted molar refractivity (Wildman–Crippen MR) is 245 cm³/mol. The average molecular weight is 870 g/mol. The van der Waals surface area contributed by atoms with E-state index in [0.717, 1.165) is 70.6 Å². The lowest BCUT2D eigenvalue weighted by molar-refractivity contribution is -0.161. The zero-order chi connectivity index (χ0) is 44.2. The van der Waals surface area contributed by atoms with Crippen molar-refractivity contribution in [2.45, 2.75) is 231 Å². The van der Waals surface area contributed by atoms with Crippen LogP contribution >= 0.6 is 7.82 Å². The van der Waals surface area contributed by atoms with Gasteiger partial charge in [0.2, 0.25) is 0 Å². The summed E-state index contributed by atoms with van der Waals surface area (Å²) in [5.41, 5.74) is 5.34. The lowest BCUT2D eigenvalue weighted by Gasteiger charge is -2.20. The summed E-state index contributed by atoms with van der Waals surface area (Å²) < 4.78 is 32.8. The molecule has 0 saturated heterocycles. The van der Waals surface area contributed by atoms with E-state index in [1.54, 1.807) is 0 Å². The number of esters is 2. The SMILES string of the molecule is CC/C=C\C/C=C\C/C=C\CCCCCCCC(=O)OC(COC(=O)CCCCCCCCCCCCCCCCCCCCCCC)COP(=O)(O)OCC(N)C(=O)O. The monoisotopic (exact) mass is 870 g/mol. The van der Waals surface area contributed by atoms with E-state index in [1.807, 2.05) is 0 Å². The summed E-state index contributed by atoms with van der Waals surface area (Å²) >= 11 is 0. The lowest BCUT2D eigenvalue weighted by Crippen LogP contribution is -2.34. The number of unbranched alkanes of at least 4 members (excludes halogenated alkanes) is 25. The number of carboxylic acids is 1. The second kappa shape index (κ2) is 43.4. The van der Waals surface area contributed by atoms with Crippen LogP contribution in [0, 0.1) is 0 Å². The molecule has 0 heterocycles. The number of aliphatic carboxylic acids is 1. The van der Waals surface area contributed by atoms with Crippen molar-refractivity contribution in [2.75, 3.05) is 19.8 Å². The molecule has 0 aliphatic heterocycles. The van der Waals surface area contributed by atoms with Crippen molar-refractivity contribution in [3.8, 4) is 0 Å². The molecule has 0 radical (unpaired) electrons. The summed E-state index contributed by atoms with van der Waals surface area (Å²) in [4.78, 5) is 46.1. The van der Waals surface area contributed by atoms with Crippen molar-refractivity contribution >= 4 is 25.7 Å². The van der Waals surface area contributed by atoms with Crippen LogP contribution < -0.4 is 5.73 Å². The maximum atomic E-state index is 12.6. The van der Waals surface area contributed by atoms with Crippen molar-refractivity contribution in [2.24, 2.45) is 5.73 Å². The molecule has 0 amide bonds. The number of hydrogen-bond donors (Lipinski definition) is 3. The van der Waals surface area contributed by atoms with Crippen LogP contribution in [0.25, 0.3) is 0 Å². The van der Waals surface area contributed by atoms with Crippen LogP contribution in [0.3, 0.4) is 0 Å². The maximum absolute atomic E-state index is 12.6. The second-order valence-electron chi connectivity index (χ2n) is 16.2. The number of allylic oxidation sites excluding steroid dienone is 6. The molecule has 0 aromatic heterocycles. The topological polar surface area (TPSA) is 172 Å². The number of carbonyl (C=O) groups is 3. The molecule has 3 atom stereocenters. The highest BCUT2D eigenvalue weighted by molar-refractivity contribution is 7.47. The predicted octanol–water partition coefficient (Wildman–Crippen LogP) is 13.2. The zero-order valence-corrected chi connectivity index (χ0v) is 38.9. The van der Waals surface area contributed by atoms with Crippen LogP contribution in [0.4, 0.5) is 0 Å². The summed E-state index contributed by atoms with van der Waals surface area (Å²) in [7, 11) is -4.72. The van der Waals surface area contributed by atoms with Crippen molar-refractivity contribution in [1.82, 2.24) is 0 Å². The minimum Gasteiger partial charge on any atom is -0.480 e. The first-order valence-corrected chi connectivity index (χ1v) is 25.5. The van der Waals surface area contributed by atoms with E-state index >= 15 is 0 Å². The van der Waals surface area contributed by atoms with Crippen molar-refractivity contribution < 1.29 is 47.5 Å². The van der Waals surface area contributed by atoms with Crippen LogP contribution in [0.2, 0.25) is 0 Å². The van der Waals surface area contributed by atoms with Crippen LogP contribution in [0.1, 0.15) is 219 Å². The van der Waals surface area contributed by atoms with E-state index in [1.165, 1.54) is 109 Å². The van der Waals surface area contributed by atoms with E-state index in [2.05, 4.69) is 54.8 Å². The van der Waals surface area contributed by atoms with Gasteiger partial charge in [0.05, 0.1) is 13.2 Å². The van der Waals surface area contributed by atoms with Gasteiger partial charge in [-0.3, -0.25) is 23.4 Å². The highest BCUT2D eigenvalue weighted by Crippen LogP contribution is 2.43. The molecule has 12 heteroatoms. The van der Waals surface area contributed by atoms with E-state index in [9.17, 15) is 23.8 Å². The van der Waals surface area contributed by atoms with Gasteiger partial charge in [0.1, 0.15) is 12.6 Å². The molecule has 0 aromatic rings. The number of ether oxygens (including phenoxy) is 2. The number of nitrogens with two attached hydrogens (primary N) is 1. The van der Waals surface area contributed by atoms with Gasteiger partial charge in [-0.15, -0.1) is 0 Å². The summed E-state index contributed by atoms with van der Waals surface area (Å²) in [6.07, 6.45) is 47.8. The minimum absolute atomic E-state index is 0.143. The lowest BCUT2D eigenvalue weighted by atomic mass is 10.0. The number of hydrogen-bond acceptors (Lipinski definition) is 9. The largest absolute Gasteiger partial charge is 0.480 e. The van der Waals surface area contributed by atoms with Crippen molar-refractivity contribution in [1.29, 1.82) is 0 Å². The second-order valence-corrected chi connectivity index (χ2v) is 17.7. The fraction of sp³-hybridized carbons (Fsp3) is 0.812. The van der Waals surface area contributed by atoms with E-state index in [4.69, 9.17) is 24.8 Å². The summed E-state index contributed by atoms with van der Waals surface area (Å²) in [6.45, 7) is 2.70. The molecular weight excluding hydrogens is 781 g/mol. The highest BCUT2D eigenvalue weighted by atomic mass is 31.2. The molecular formula is C48H88NO10P. The molecule has 0 aromatic carbocycles. The number of carbonyl (C=O) groups excluding carboxylic acids is 2. The Morgan fingerprint density at radius 1 is 0.533 bits per heavy atom. The van der Waals surface area contributed by atoms with Crippen molar-refractivity contribution in [3.05, 3.63) is 36.5 Å². The molecule has 4 N–H and O–H groups in total. The van der Waals surface area contributed by atoms with Gasteiger partial charge in [0, 0.05) is 12.8 Å². The van der Waals surface area contributed by atoms with Gasteiger partial charge in [-0.25, -0.2) is 4.57 Å². The van der Waals surface area contributed by atoms with Gasteiger partial charge in [-0.2, -0.15) is 0 Å². The number of carboxylic acid groups (broad SMARTS) is 1. The Balaban J connectivity index is 4.25. The Labute approximate surface area is 365 Å². The summed E-state index contributed by atoms with van der Waals surface area (Å²) in [5.74, 6) is -2.39. The normalized spacial score (nSPS) is 13.9. The zero-order valence-electron chi connectivity index (χ0n) is 38.1. The van der Waals surface area contributed by atoms with Gasteiger partial charge in [0.15, 0.2) is 6.10 Å². The number of rotatable bonds is 45. The quantitative estimate of drug-likeness (QED) is 0.0230. The first kappa shape index (κ1) is 57.7. The first-order chi connectivity index (χ1) is 29.1. The Morgan fingerprint density at radius 2 is 0.933 bits per heavy atom. The molecule has 3 unspecified atom stereocenters. The average Bonchev–Trinajstić information content (AvgIpc) is 3.22. The van der Waals surface area contributed by atoms with Crippen LogP contribution in [0.15, 0.2) is 36.5 Å². The summed E-state index contributed by atoms with van der Waals surface area (Å²) in [5, 5.41) is 8.90.